The van der Waals surface area contributed by atoms with Gasteiger partial charge in [0.2, 0.25) is 0 Å². The van der Waals surface area contributed by atoms with Crippen molar-refractivity contribution in [3.8, 4) is 11.5 Å². The Morgan fingerprint density at radius 3 is 2.52 bits per heavy atom. The second-order valence-corrected chi connectivity index (χ2v) is 8.15. The van der Waals surface area contributed by atoms with Crippen LogP contribution in [0.5, 0.6) is 11.5 Å². The molecule has 0 bridgehead atoms. The van der Waals surface area contributed by atoms with Crippen molar-refractivity contribution in [2.75, 3.05) is 6.61 Å². The lowest BCUT2D eigenvalue weighted by Gasteiger charge is -2.14. The zero-order valence-electron chi connectivity index (χ0n) is 16.6. The predicted molar refractivity (Wildman–Crippen MR) is 125 cm³/mol. The van der Waals surface area contributed by atoms with Gasteiger partial charge < -0.3 is 9.47 Å². The molecule has 0 spiro atoms. The molecule has 0 heterocycles. The van der Waals surface area contributed by atoms with Gasteiger partial charge >= 0.3 is 0 Å². The van der Waals surface area contributed by atoms with Crippen LogP contribution in [0.1, 0.15) is 28.4 Å². The van der Waals surface area contributed by atoms with Crippen molar-refractivity contribution in [2.24, 2.45) is 5.10 Å². The fourth-order valence-electron chi connectivity index (χ4n) is 2.63. The van der Waals surface area contributed by atoms with Gasteiger partial charge in [-0.05, 0) is 70.9 Å². The van der Waals surface area contributed by atoms with E-state index in [2.05, 4.69) is 42.4 Å². The highest BCUT2D eigenvalue weighted by molar-refractivity contribution is 9.10. The van der Waals surface area contributed by atoms with Crippen molar-refractivity contribution < 1.29 is 18.7 Å². The maximum absolute atomic E-state index is 13.1. The largest absolute Gasteiger partial charge is 0.490 e. The van der Waals surface area contributed by atoms with Crippen molar-refractivity contribution in [2.45, 2.75) is 13.5 Å². The lowest BCUT2D eigenvalue weighted by Crippen LogP contribution is -2.17. The number of nitrogens with one attached hydrogen (secondary N) is 1. The van der Waals surface area contributed by atoms with E-state index in [1.54, 1.807) is 42.5 Å². The Labute approximate surface area is 196 Å². The van der Waals surface area contributed by atoms with Crippen LogP contribution >= 0.6 is 31.9 Å². The molecule has 5 nitrogen and oxygen atoms in total. The number of ether oxygens (including phenoxy) is 2. The summed E-state index contributed by atoms with van der Waals surface area (Å²) in [4.78, 5) is 12.2. The van der Waals surface area contributed by atoms with Crippen LogP contribution < -0.4 is 14.9 Å². The number of benzene rings is 3. The average Bonchev–Trinajstić information content (AvgIpc) is 2.75. The van der Waals surface area contributed by atoms with E-state index >= 15 is 0 Å². The van der Waals surface area contributed by atoms with Crippen LogP contribution in [0.3, 0.4) is 0 Å². The summed E-state index contributed by atoms with van der Waals surface area (Å²) in [6.07, 6.45) is 1.52. The summed E-state index contributed by atoms with van der Waals surface area (Å²) >= 11 is 6.83. The first-order chi connectivity index (χ1) is 15.0. The minimum atomic E-state index is -0.321. The van der Waals surface area contributed by atoms with Crippen molar-refractivity contribution in [3.63, 3.8) is 0 Å². The lowest BCUT2D eigenvalue weighted by atomic mass is 10.2. The molecule has 0 aliphatic rings. The van der Waals surface area contributed by atoms with Crippen LogP contribution in [0, 0.1) is 5.82 Å². The first kappa shape index (κ1) is 23.0. The monoisotopic (exact) mass is 548 g/mol. The van der Waals surface area contributed by atoms with Gasteiger partial charge in [-0.3, -0.25) is 4.79 Å². The van der Waals surface area contributed by atoms with Crippen LogP contribution in [0.15, 0.2) is 74.7 Å². The first-order valence-corrected chi connectivity index (χ1v) is 11.0. The van der Waals surface area contributed by atoms with E-state index in [0.29, 0.717) is 33.7 Å². The van der Waals surface area contributed by atoms with Crippen LogP contribution in [-0.4, -0.2) is 18.7 Å². The number of carbonyl (C=O) groups excluding carboxylic acids is 1. The van der Waals surface area contributed by atoms with E-state index in [-0.39, 0.29) is 18.3 Å². The van der Waals surface area contributed by atoms with E-state index in [9.17, 15) is 9.18 Å². The SMILES string of the molecule is CCOc1cc(/C=N\NC(=O)c2cccc(Br)c2)c(Br)cc1OCc1ccc(F)cc1. The summed E-state index contributed by atoms with van der Waals surface area (Å²) in [5.74, 6) is 0.455. The zero-order valence-corrected chi connectivity index (χ0v) is 19.7. The molecule has 1 amide bonds. The molecule has 0 fully saturated rings. The molecule has 3 aromatic rings. The fourth-order valence-corrected chi connectivity index (χ4v) is 3.45. The molecule has 0 aliphatic heterocycles. The molecular formula is C23H19Br2FN2O3. The van der Waals surface area contributed by atoms with E-state index in [4.69, 9.17) is 9.47 Å². The Hall–Kier alpha value is -2.71. The number of carbonyl (C=O) groups is 1. The highest BCUT2D eigenvalue weighted by Crippen LogP contribution is 2.33. The average molecular weight is 550 g/mol. The maximum Gasteiger partial charge on any atom is 0.271 e. The molecule has 0 saturated carbocycles. The first-order valence-electron chi connectivity index (χ1n) is 9.39. The third-order valence-corrected chi connectivity index (χ3v) is 5.31. The number of rotatable bonds is 8. The Morgan fingerprint density at radius 1 is 1.06 bits per heavy atom. The van der Waals surface area contributed by atoms with Gasteiger partial charge in [0.1, 0.15) is 12.4 Å². The normalized spacial score (nSPS) is 10.8. The second-order valence-electron chi connectivity index (χ2n) is 6.38. The number of hydrogen-bond donors (Lipinski definition) is 1. The lowest BCUT2D eigenvalue weighted by molar-refractivity contribution is 0.0955. The van der Waals surface area contributed by atoms with Crippen LogP contribution in [0.25, 0.3) is 0 Å². The van der Waals surface area contributed by atoms with Crippen molar-refractivity contribution in [1.82, 2.24) is 5.43 Å². The standard InChI is InChI=1S/C23H19Br2FN2O3/c1-2-30-21-11-17(13-27-28-23(29)16-4-3-5-18(24)10-16)20(25)12-22(21)31-14-15-6-8-19(26)9-7-15/h3-13H,2,14H2,1H3,(H,28,29)/b27-13-. The topological polar surface area (TPSA) is 59.9 Å². The Bertz CT molecular complexity index is 1090. The van der Waals surface area contributed by atoms with Gasteiger partial charge in [0.25, 0.3) is 5.91 Å². The summed E-state index contributed by atoms with van der Waals surface area (Å²) in [7, 11) is 0. The highest BCUT2D eigenvalue weighted by atomic mass is 79.9. The number of amides is 1. The zero-order chi connectivity index (χ0) is 22.2. The van der Waals surface area contributed by atoms with Gasteiger partial charge in [0.15, 0.2) is 11.5 Å². The smallest absolute Gasteiger partial charge is 0.271 e. The van der Waals surface area contributed by atoms with Gasteiger partial charge in [-0.2, -0.15) is 5.10 Å². The quantitative estimate of drug-likeness (QED) is 0.273. The third-order valence-electron chi connectivity index (χ3n) is 4.13. The van der Waals surface area contributed by atoms with E-state index in [1.807, 2.05) is 13.0 Å². The number of halogens is 3. The van der Waals surface area contributed by atoms with Crippen LogP contribution in [0.4, 0.5) is 4.39 Å². The molecule has 31 heavy (non-hydrogen) atoms. The van der Waals surface area contributed by atoms with Gasteiger partial charge in [0.05, 0.1) is 12.8 Å². The van der Waals surface area contributed by atoms with Crippen molar-refractivity contribution >= 4 is 44.0 Å². The fraction of sp³-hybridized carbons (Fsp3) is 0.130. The molecule has 0 unspecified atom stereocenters. The molecule has 0 radical (unpaired) electrons. The van der Waals surface area contributed by atoms with Crippen LogP contribution in [0.2, 0.25) is 0 Å². The van der Waals surface area contributed by atoms with E-state index in [0.717, 1.165) is 10.0 Å². The molecule has 8 heteroatoms. The number of nitrogens with zero attached hydrogens (tertiary/aromatic N) is 1. The Balaban J connectivity index is 1.72. The second kappa shape index (κ2) is 11.1. The van der Waals surface area contributed by atoms with Crippen molar-refractivity contribution in [1.29, 1.82) is 0 Å². The molecule has 160 valence electrons. The summed E-state index contributed by atoms with van der Waals surface area (Å²) in [6.45, 7) is 2.59. The molecule has 0 aromatic heterocycles. The minimum Gasteiger partial charge on any atom is -0.490 e. The molecule has 3 aromatic carbocycles. The maximum atomic E-state index is 13.1. The molecule has 0 aliphatic carbocycles. The number of hydrazone groups is 1. The highest BCUT2D eigenvalue weighted by Gasteiger charge is 2.11. The Morgan fingerprint density at radius 2 is 1.81 bits per heavy atom. The summed E-state index contributed by atoms with van der Waals surface area (Å²) < 4.78 is 26.2. The van der Waals surface area contributed by atoms with Gasteiger partial charge in [-0.15, -0.1) is 0 Å². The number of hydrogen-bond acceptors (Lipinski definition) is 4. The van der Waals surface area contributed by atoms with Gasteiger partial charge in [-0.1, -0.05) is 34.1 Å². The molecule has 1 N–H and O–H groups in total. The van der Waals surface area contributed by atoms with Crippen LogP contribution in [-0.2, 0) is 6.61 Å². The molecular weight excluding hydrogens is 531 g/mol. The summed E-state index contributed by atoms with van der Waals surface area (Å²) in [6, 6.07) is 16.7. The molecule has 0 atom stereocenters. The predicted octanol–water partition coefficient (Wildman–Crippen LogP) is 6.09. The van der Waals surface area contributed by atoms with Gasteiger partial charge in [0, 0.05) is 20.1 Å². The molecule has 0 saturated heterocycles. The van der Waals surface area contributed by atoms with E-state index < -0.39 is 0 Å². The summed E-state index contributed by atoms with van der Waals surface area (Å²) in [5.41, 5.74) is 4.53. The Kier molecular flexibility index (Phi) is 8.20. The third kappa shape index (κ3) is 6.63. The molecule has 3 rings (SSSR count). The van der Waals surface area contributed by atoms with E-state index in [1.165, 1.54) is 18.3 Å². The van der Waals surface area contributed by atoms with Crippen molar-refractivity contribution in [3.05, 3.63) is 92.1 Å². The summed E-state index contributed by atoms with van der Waals surface area (Å²) in [5, 5.41) is 4.04. The van der Waals surface area contributed by atoms with Gasteiger partial charge in [-0.25, -0.2) is 9.82 Å². The minimum absolute atomic E-state index is 0.267.